The van der Waals surface area contributed by atoms with E-state index in [0.29, 0.717) is 40.6 Å². The van der Waals surface area contributed by atoms with Gasteiger partial charge in [-0.1, -0.05) is 18.3 Å². The molecule has 1 aliphatic heterocycles. The molecule has 2 aromatic heterocycles. The molecule has 1 aliphatic rings. The Balaban J connectivity index is 1.75. The van der Waals surface area contributed by atoms with Gasteiger partial charge in [0.15, 0.2) is 0 Å². The lowest BCUT2D eigenvalue weighted by molar-refractivity contribution is -0.137. The van der Waals surface area contributed by atoms with E-state index in [1.807, 2.05) is 0 Å². The van der Waals surface area contributed by atoms with Gasteiger partial charge in [0.2, 0.25) is 5.95 Å². The van der Waals surface area contributed by atoms with E-state index < -0.39 is 23.9 Å². The minimum absolute atomic E-state index is 0.00619. The first-order valence-electron chi connectivity index (χ1n) is 11.2. The lowest BCUT2D eigenvalue weighted by Gasteiger charge is -2.36. The van der Waals surface area contributed by atoms with Crippen LogP contribution in [0.15, 0.2) is 29.0 Å². The fraction of sp³-hybridized carbons (Fsp3) is 0.391. The second-order valence-electron chi connectivity index (χ2n) is 8.67. The fourth-order valence-electron chi connectivity index (χ4n) is 4.37. The van der Waals surface area contributed by atoms with Crippen molar-refractivity contribution in [3.05, 3.63) is 34.6 Å². The monoisotopic (exact) mass is 600 g/mol. The van der Waals surface area contributed by atoms with Gasteiger partial charge in [-0.15, -0.1) is 0 Å². The minimum atomic E-state index is -4.71. The van der Waals surface area contributed by atoms with Crippen LogP contribution in [0.4, 0.5) is 29.6 Å². The van der Waals surface area contributed by atoms with Gasteiger partial charge in [0.1, 0.15) is 5.56 Å². The molecule has 0 spiro atoms. The molecule has 3 heterocycles. The molecule has 1 saturated heterocycles. The molecule has 0 saturated carbocycles. The van der Waals surface area contributed by atoms with E-state index >= 15 is 0 Å². The Bertz CT molecular complexity index is 1340. The number of hydrogen-bond donors (Lipinski definition) is 5. The van der Waals surface area contributed by atoms with Crippen molar-refractivity contribution in [2.24, 2.45) is 5.92 Å². The van der Waals surface area contributed by atoms with E-state index in [2.05, 4.69) is 51.6 Å². The molecule has 1 unspecified atom stereocenters. The number of piperidine rings is 1. The third-order valence-electron chi connectivity index (χ3n) is 6.13. The lowest BCUT2D eigenvalue weighted by atomic mass is 9.86. The Morgan fingerprint density at radius 2 is 2.11 bits per heavy atom. The Morgan fingerprint density at radius 3 is 2.78 bits per heavy atom. The lowest BCUT2D eigenvalue weighted by Crippen LogP contribution is -2.53. The number of aromatic nitrogens is 3. The number of amides is 1. The normalized spacial score (nSPS) is 20.0. The number of nitrogens with zero attached hydrogens (tertiary/aromatic N) is 2. The van der Waals surface area contributed by atoms with Crippen molar-refractivity contribution in [1.82, 2.24) is 20.3 Å². The maximum absolute atomic E-state index is 14.0. The number of hydrogen-bond acceptors (Lipinski definition) is 8. The standard InChI is InChI=1S/C23H24BrF3N6O3S/c1-10(37)5-12-16(8-28-9-17(12)34)31-21-30-7-14(23(25,26)27)19(33-21)13-6-29-20-11(13)3-4-15(18(20)24)32-22(35)36-2/h3-4,6-7,12,16-17,28-29,34H,5,8-9H2,1-2H3,(H,32,35)(H,30,31,33)/t12?,16-,17+/m1/s1. The van der Waals surface area contributed by atoms with Crippen LogP contribution < -0.4 is 16.0 Å². The fourth-order valence-corrected chi connectivity index (χ4v) is 5.12. The number of halogens is 4. The van der Waals surface area contributed by atoms with Crippen LogP contribution >= 0.6 is 28.1 Å². The van der Waals surface area contributed by atoms with Crippen LogP contribution in [0.3, 0.4) is 0 Å². The highest BCUT2D eigenvalue weighted by Crippen LogP contribution is 2.41. The first-order chi connectivity index (χ1) is 17.5. The van der Waals surface area contributed by atoms with E-state index in [9.17, 15) is 23.1 Å². The second-order valence-corrected chi connectivity index (χ2v) is 10.2. The molecule has 9 nitrogen and oxygen atoms in total. The number of rotatable bonds is 6. The average Bonchev–Trinajstić information content (AvgIpc) is 3.27. The molecule has 0 bridgehead atoms. The average molecular weight is 601 g/mol. The van der Waals surface area contributed by atoms with Gasteiger partial charge in [-0.25, -0.2) is 14.8 Å². The summed E-state index contributed by atoms with van der Waals surface area (Å²) in [6.07, 6.45) is -3.44. The smallest absolute Gasteiger partial charge is 0.419 e. The molecule has 14 heteroatoms. The summed E-state index contributed by atoms with van der Waals surface area (Å²) in [7, 11) is 1.22. The van der Waals surface area contributed by atoms with Crippen LogP contribution in [-0.4, -0.2) is 63.4 Å². The number of β-amino-alcohol motifs (C(OH)–C–C–N with tert-alkyl or cyclic N) is 1. The van der Waals surface area contributed by atoms with Crippen molar-refractivity contribution >= 4 is 61.6 Å². The number of benzene rings is 1. The minimum Gasteiger partial charge on any atom is -0.453 e. The molecule has 1 amide bonds. The third-order valence-corrected chi connectivity index (χ3v) is 7.12. The van der Waals surface area contributed by atoms with Gasteiger partial charge in [0, 0.05) is 48.4 Å². The number of nitrogens with one attached hydrogen (secondary N) is 4. The number of H-pyrrole nitrogens is 1. The highest BCUT2D eigenvalue weighted by molar-refractivity contribution is 9.10. The molecule has 37 heavy (non-hydrogen) atoms. The summed E-state index contributed by atoms with van der Waals surface area (Å²) in [5.41, 5.74) is -0.284. The summed E-state index contributed by atoms with van der Waals surface area (Å²) in [5.74, 6) is -0.258. The Kier molecular flexibility index (Phi) is 8.02. The SMILES string of the molecule is COC(=O)Nc1ccc2c(-c3nc(N[C@@H]4CNC[C@H](O)C4CC(C)=S)ncc3C(F)(F)F)c[nH]c2c1Br. The topological polar surface area (TPSA) is 124 Å². The van der Waals surface area contributed by atoms with Crippen molar-refractivity contribution in [2.75, 3.05) is 30.8 Å². The number of ether oxygens (including phenoxy) is 1. The quantitative estimate of drug-likeness (QED) is 0.257. The van der Waals surface area contributed by atoms with Crippen LogP contribution in [0.5, 0.6) is 0 Å². The first-order valence-corrected chi connectivity index (χ1v) is 12.4. The highest BCUT2D eigenvalue weighted by Gasteiger charge is 2.37. The summed E-state index contributed by atoms with van der Waals surface area (Å²) in [4.78, 5) is 23.5. The number of methoxy groups -OCH3 is 1. The highest BCUT2D eigenvalue weighted by atomic mass is 79.9. The van der Waals surface area contributed by atoms with E-state index in [0.717, 1.165) is 11.1 Å². The van der Waals surface area contributed by atoms with Crippen molar-refractivity contribution in [3.8, 4) is 11.3 Å². The number of aliphatic hydroxyl groups is 1. The van der Waals surface area contributed by atoms with E-state index in [4.69, 9.17) is 12.2 Å². The number of aliphatic hydroxyl groups excluding tert-OH is 1. The van der Waals surface area contributed by atoms with Gasteiger partial charge in [0.05, 0.1) is 34.6 Å². The third kappa shape index (κ3) is 5.87. The zero-order valence-corrected chi connectivity index (χ0v) is 22.1. The number of carbonyl (C=O) groups excluding carboxylic acids is 1. The number of anilines is 2. The van der Waals surface area contributed by atoms with Crippen molar-refractivity contribution in [3.63, 3.8) is 0 Å². The predicted octanol–water partition coefficient (Wildman–Crippen LogP) is 4.73. The zero-order valence-electron chi connectivity index (χ0n) is 19.7. The van der Waals surface area contributed by atoms with Crippen molar-refractivity contribution in [1.29, 1.82) is 0 Å². The molecular formula is C23H24BrF3N6O3S. The number of fused-ring (bicyclic) bond motifs is 1. The maximum atomic E-state index is 14.0. The molecule has 0 aliphatic carbocycles. The molecule has 0 radical (unpaired) electrons. The second kappa shape index (κ2) is 10.9. The summed E-state index contributed by atoms with van der Waals surface area (Å²) in [5, 5.41) is 19.6. The van der Waals surface area contributed by atoms with Gasteiger partial charge in [-0.05, 0) is 40.2 Å². The van der Waals surface area contributed by atoms with E-state index in [1.54, 1.807) is 19.1 Å². The van der Waals surface area contributed by atoms with Crippen LogP contribution in [0.1, 0.15) is 18.9 Å². The molecule has 3 atom stereocenters. The van der Waals surface area contributed by atoms with Crippen LogP contribution in [0, 0.1) is 5.92 Å². The van der Waals surface area contributed by atoms with Gasteiger partial charge in [-0.2, -0.15) is 13.2 Å². The summed E-state index contributed by atoms with van der Waals surface area (Å²) in [6.45, 7) is 2.64. The molecular weight excluding hydrogens is 577 g/mol. The molecule has 4 rings (SSSR count). The number of carbonyl (C=O) groups is 1. The molecule has 1 fully saturated rings. The summed E-state index contributed by atoms with van der Waals surface area (Å²) in [6, 6.07) is 2.77. The molecule has 1 aromatic carbocycles. The van der Waals surface area contributed by atoms with Gasteiger partial charge < -0.3 is 25.5 Å². The van der Waals surface area contributed by atoms with Crippen LogP contribution in [0.2, 0.25) is 0 Å². The van der Waals surface area contributed by atoms with Crippen LogP contribution in [0.25, 0.3) is 22.2 Å². The molecule has 3 aromatic rings. The van der Waals surface area contributed by atoms with Crippen molar-refractivity contribution < 1.29 is 27.8 Å². The Morgan fingerprint density at radius 1 is 1.35 bits per heavy atom. The molecule has 198 valence electrons. The summed E-state index contributed by atoms with van der Waals surface area (Å²) < 4.78 is 47.0. The zero-order chi connectivity index (χ0) is 26.9. The van der Waals surface area contributed by atoms with Gasteiger partial charge in [-0.3, -0.25) is 5.32 Å². The largest absolute Gasteiger partial charge is 0.453 e. The van der Waals surface area contributed by atoms with E-state index in [-0.39, 0.29) is 29.2 Å². The first kappa shape index (κ1) is 27.2. The van der Waals surface area contributed by atoms with Gasteiger partial charge >= 0.3 is 12.3 Å². The van der Waals surface area contributed by atoms with Crippen molar-refractivity contribution in [2.45, 2.75) is 31.7 Å². The number of aromatic amines is 1. The number of thiocarbonyl (C=S) groups is 1. The summed E-state index contributed by atoms with van der Waals surface area (Å²) >= 11 is 8.61. The number of alkyl halides is 3. The van der Waals surface area contributed by atoms with Crippen LogP contribution in [-0.2, 0) is 10.9 Å². The van der Waals surface area contributed by atoms with Gasteiger partial charge in [0.25, 0.3) is 0 Å². The Labute approximate surface area is 223 Å². The predicted molar refractivity (Wildman–Crippen MR) is 141 cm³/mol. The van der Waals surface area contributed by atoms with E-state index in [1.165, 1.54) is 13.3 Å². The molecule has 5 N–H and O–H groups in total. The maximum Gasteiger partial charge on any atom is 0.419 e. The Hall–Kier alpha value is -2.81.